The molecule has 4 aromatic rings. The number of imidazole rings is 1. The van der Waals surface area contributed by atoms with Gasteiger partial charge in [-0.1, -0.05) is 50.6 Å². The maximum absolute atomic E-state index is 12.1. The summed E-state index contributed by atoms with van der Waals surface area (Å²) in [5.74, 6) is 2.53. The van der Waals surface area contributed by atoms with Crippen LogP contribution >= 0.6 is 11.3 Å². The molecule has 1 amide bonds. The number of aromatic nitrogens is 2. The molecule has 0 bridgehead atoms. The van der Waals surface area contributed by atoms with E-state index in [9.17, 15) is 4.79 Å². The van der Waals surface area contributed by atoms with Gasteiger partial charge in [-0.05, 0) is 66.5 Å². The van der Waals surface area contributed by atoms with Crippen LogP contribution in [0, 0.1) is 6.92 Å². The molecule has 2 heterocycles. The van der Waals surface area contributed by atoms with Gasteiger partial charge in [-0.2, -0.15) is 0 Å². The van der Waals surface area contributed by atoms with Crippen LogP contribution in [0.5, 0.6) is 5.75 Å². The molecule has 184 valence electrons. The van der Waals surface area contributed by atoms with Crippen molar-refractivity contribution in [3.05, 3.63) is 81.8 Å². The molecule has 0 unspecified atom stereocenters. The summed E-state index contributed by atoms with van der Waals surface area (Å²) in [7, 11) is 0. The van der Waals surface area contributed by atoms with E-state index in [1.807, 2.05) is 23.6 Å². The Morgan fingerprint density at radius 3 is 2.74 bits per heavy atom. The lowest BCUT2D eigenvalue weighted by molar-refractivity contribution is 0.0957. The minimum Gasteiger partial charge on any atom is -0.491 e. The number of amides is 1. The fraction of sp³-hybridized carbons (Fsp3) is 0.379. The summed E-state index contributed by atoms with van der Waals surface area (Å²) in [5.41, 5.74) is 4.65. The van der Waals surface area contributed by atoms with Crippen LogP contribution in [-0.4, -0.2) is 28.6 Å². The first-order chi connectivity index (χ1) is 17.0. The molecular weight excluding hydrogens is 454 g/mol. The monoisotopic (exact) mass is 489 g/mol. The van der Waals surface area contributed by atoms with Gasteiger partial charge < -0.3 is 14.6 Å². The minimum absolute atomic E-state index is 0.0241. The van der Waals surface area contributed by atoms with Crippen LogP contribution in [0.25, 0.3) is 11.0 Å². The number of fused-ring (bicyclic) bond motifs is 1. The van der Waals surface area contributed by atoms with E-state index in [1.165, 1.54) is 22.5 Å². The summed E-state index contributed by atoms with van der Waals surface area (Å²) in [5, 5.41) is 4.94. The number of ether oxygens (including phenoxy) is 1. The van der Waals surface area contributed by atoms with Gasteiger partial charge in [0.05, 0.1) is 22.5 Å². The van der Waals surface area contributed by atoms with Crippen LogP contribution in [0.2, 0.25) is 0 Å². The van der Waals surface area contributed by atoms with Crippen LogP contribution in [0.3, 0.4) is 0 Å². The Bertz CT molecular complexity index is 1240. The van der Waals surface area contributed by atoms with E-state index in [4.69, 9.17) is 9.72 Å². The topological polar surface area (TPSA) is 56.1 Å². The highest BCUT2D eigenvalue weighted by Gasteiger charge is 2.12. The molecule has 0 spiro atoms. The second-order valence-corrected chi connectivity index (χ2v) is 10.2. The zero-order chi connectivity index (χ0) is 24.6. The molecule has 0 aliphatic heterocycles. The Balaban J connectivity index is 1.32. The van der Waals surface area contributed by atoms with Gasteiger partial charge in [-0.25, -0.2) is 4.98 Å². The number of nitrogens with one attached hydrogen (secondary N) is 1. The van der Waals surface area contributed by atoms with E-state index in [-0.39, 0.29) is 5.91 Å². The van der Waals surface area contributed by atoms with Gasteiger partial charge in [0.2, 0.25) is 0 Å². The van der Waals surface area contributed by atoms with Gasteiger partial charge in [0, 0.05) is 13.0 Å². The molecule has 0 aliphatic carbocycles. The number of thiophene rings is 1. The number of hydrogen-bond donors (Lipinski definition) is 1. The van der Waals surface area contributed by atoms with Crippen molar-refractivity contribution in [1.82, 2.24) is 14.9 Å². The molecule has 6 heteroatoms. The van der Waals surface area contributed by atoms with Crippen molar-refractivity contribution >= 4 is 28.3 Å². The normalized spacial score (nSPS) is 11.3. The predicted molar refractivity (Wildman–Crippen MR) is 145 cm³/mol. The summed E-state index contributed by atoms with van der Waals surface area (Å²) >= 11 is 1.47. The maximum Gasteiger partial charge on any atom is 0.261 e. The van der Waals surface area contributed by atoms with E-state index in [0.717, 1.165) is 59.7 Å². The lowest BCUT2D eigenvalue weighted by Crippen LogP contribution is -2.23. The molecule has 0 saturated heterocycles. The lowest BCUT2D eigenvalue weighted by Gasteiger charge is -2.16. The van der Waals surface area contributed by atoms with E-state index in [0.29, 0.717) is 19.1 Å². The fourth-order valence-electron chi connectivity index (χ4n) is 4.34. The third-order valence-electron chi connectivity index (χ3n) is 6.20. The largest absolute Gasteiger partial charge is 0.491 e. The highest BCUT2D eigenvalue weighted by molar-refractivity contribution is 7.12. The SMILES string of the molecule is Cc1ccc(C(C)C)c(OCCn2c(CCCCCNC(=O)c3cccs3)nc3ccccc32)c1. The van der Waals surface area contributed by atoms with Gasteiger partial charge in [0.1, 0.15) is 18.2 Å². The number of carbonyl (C=O) groups excluding carboxylic acids is 1. The molecule has 0 atom stereocenters. The molecular formula is C29H35N3O2S. The number of hydrogen-bond acceptors (Lipinski definition) is 4. The smallest absolute Gasteiger partial charge is 0.261 e. The lowest BCUT2D eigenvalue weighted by atomic mass is 10.0. The number of para-hydroxylation sites is 2. The maximum atomic E-state index is 12.1. The molecule has 1 N–H and O–H groups in total. The summed E-state index contributed by atoms with van der Waals surface area (Å²) in [6, 6.07) is 18.5. The van der Waals surface area contributed by atoms with Gasteiger partial charge in [-0.3, -0.25) is 4.79 Å². The Morgan fingerprint density at radius 1 is 1.09 bits per heavy atom. The first kappa shape index (κ1) is 25.0. The predicted octanol–water partition coefficient (Wildman–Crippen LogP) is 6.75. The molecule has 2 aromatic heterocycles. The fourth-order valence-corrected chi connectivity index (χ4v) is 4.98. The number of unbranched alkanes of at least 4 members (excludes halogenated alkanes) is 2. The van der Waals surface area contributed by atoms with Crippen molar-refractivity contribution in [2.75, 3.05) is 13.2 Å². The van der Waals surface area contributed by atoms with Crippen molar-refractivity contribution in [2.24, 2.45) is 0 Å². The zero-order valence-corrected chi connectivity index (χ0v) is 21.7. The van der Waals surface area contributed by atoms with E-state index in [2.05, 4.69) is 67.1 Å². The van der Waals surface area contributed by atoms with Crippen molar-refractivity contribution in [3.63, 3.8) is 0 Å². The highest BCUT2D eigenvalue weighted by Crippen LogP contribution is 2.28. The van der Waals surface area contributed by atoms with E-state index >= 15 is 0 Å². The number of aryl methyl sites for hydroxylation is 2. The average Bonchev–Trinajstić information content (AvgIpc) is 3.50. The molecule has 0 saturated carbocycles. The molecule has 4 rings (SSSR count). The van der Waals surface area contributed by atoms with Crippen molar-refractivity contribution < 1.29 is 9.53 Å². The van der Waals surface area contributed by atoms with Crippen molar-refractivity contribution in [2.45, 2.75) is 58.9 Å². The first-order valence-corrected chi connectivity index (χ1v) is 13.4. The third kappa shape index (κ3) is 6.51. The molecule has 2 aromatic carbocycles. The van der Waals surface area contributed by atoms with Crippen LogP contribution in [0.1, 0.15) is 65.7 Å². The Hall–Kier alpha value is -3.12. The van der Waals surface area contributed by atoms with Crippen molar-refractivity contribution in [3.8, 4) is 5.75 Å². The van der Waals surface area contributed by atoms with E-state index in [1.54, 1.807) is 0 Å². The quantitative estimate of drug-likeness (QED) is 0.224. The number of carbonyl (C=O) groups is 1. The number of nitrogens with zero attached hydrogens (tertiary/aromatic N) is 2. The molecule has 0 aliphatic rings. The van der Waals surface area contributed by atoms with Gasteiger partial charge >= 0.3 is 0 Å². The second-order valence-electron chi connectivity index (χ2n) is 9.26. The van der Waals surface area contributed by atoms with E-state index < -0.39 is 0 Å². The Morgan fingerprint density at radius 2 is 1.94 bits per heavy atom. The van der Waals surface area contributed by atoms with Gasteiger partial charge in [0.25, 0.3) is 5.91 Å². The molecule has 0 radical (unpaired) electrons. The Labute approximate surface area is 212 Å². The number of rotatable bonds is 12. The molecule has 0 fully saturated rings. The minimum atomic E-state index is 0.0241. The summed E-state index contributed by atoms with van der Waals surface area (Å²) in [4.78, 5) is 17.7. The summed E-state index contributed by atoms with van der Waals surface area (Å²) in [6.45, 7) is 8.57. The summed E-state index contributed by atoms with van der Waals surface area (Å²) in [6.07, 6.45) is 3.96. The van der Waals surface area contributed by atoms with Crippen LogP contribution < -0.4 is 10.1 Å². The van der Waals surface area contributed by atoms with Crippen LogP contribution in [0.15, 0.2) is 60.0 Å². The zero-order valence-electron chi connectivity index (χ0n) is 20.9. The third-order valence-corrected chi connectivity index (χ3v) is 7.07. The first-order valence-electron chi connectivity index (χ1n) is 12.5. The van der Waals surface area contributed by atoms with Crippen molar-refractivity contribution in [1.29, 1.82) is 0 Å². The second kappa shape index (κ2) is 12.0. The standard InChI is InChI=1S/C29H35N3O2S/c1-21(2)23-15-14-22(3)20-26(23)34-18-17-32-25-11-7-6-10-24(25)31-28(32)13-5-4-8-16-30-29(33)27-12-9-19-35-27/h6-7,9-12,14-15,19-21H,4-5,8,13,16-18H2,1-3H3,(H,30,33). The van der Waals surface area contributed by atoms with Gasteiger partial charge in [0.15, 0.2) is 0 Å². The number of benzene rings is 2. The average molecular weight is 490 g/mol. The van der Waals surface area contributed by atoms with Crippen LogP contribution in [0.4, 0.5) is 0 Å². The van der Waals surface area contributed by atoms with Crippen LogP contribution in [-0.2, 0) is 13.0 Å². The Kier molecular flexibility index (Phi) is 8.59. The summed E-state index contributed by atoms with van der Waals surface area (Å²) < 4.78 is 8.58. The van der Waals surface area contributed by atoms with Gasteiger partial charge in [-0.15, -0.1) is 11.3 Å². The molecule has 5 nitrogen and oxygen atoms in total. The molecule has 35 heavy (non-hydrogen) atoms. The highest BCUT2D eigenvalue weighted by atomic mass is 32.1.